The van der Waals surface area contributed by atoms with Gasteiger partial charge in [-0.1, -0.05) is 116 Å². The zero-order valence-electron chi connectivity index (χ0n) is 37.6. The molecule has 2 aliphatic heterocycles. The first-order valence-corrected chi connectivity index (χ1v) is 29.9. The van der Waals surface area contributed by atoms with Gasteiger partial charge in [0.2, 0.25) is 0 Å². The fourth-order valence-corrected chi connectivity index (χ4v) is 17.1. The minimum Gasteiger partial charge on any atom is -0.458 e. The van der Waals surface area contributed by atoms with Crippen molar-refractivity contribution in [3.8, 4) is 0 Å². The molecule has 0 aromatic rings. The molecule has 11 atom stereocenters. The summed E-state index contributed by atoms with van der Waals surface area (Å²) in [6.45, 7) is 23.6. The number of hydrogen-bond donors (Lipinski definition) is 0. The summed E-state index contributed by atoms with van der Waals surface area (Å²) >= 11 is 0. The van der Waals surface area contributed by atoms with Crippen molar-refractivity contribution in [3.05, 3.63) is 23.3 Å². The van der Waals surface area contributed by atoms with Crippen LogP contribution in [0.15, 0.2) is 23.3 Å². The van der Waals surface area contributed by atoms with Crippen LogP contribution in [-0.2, 0) is 27.9 Å². The SMILES string of the molecule is CCCCCCCC[Si](C)(C)OCC1=C(C)C[C@H]([C@@H](C)[C@H]2CC[C@H]3[C@@H]4C[C@H]5O[C@]56[C@@H](O[Si](C)(C)CCCCCCCC)C=CC(=O)[C@]6(C)[C@H]4CC[C@]23C)OC1=O. The number of esters is 1. The molecule has 0 aromatic carbocycles. The van der Waals surface area contributed by atoms with Crippen molar-refractivity contribution >= 4 is 28.4 Å². The molecular weight excluding hydrogens is 729 g/mol. The van der Waals surface area contributed by atoms with Gasteiger partial charge in [-0.2, -0.15) is 0 Å². The molecule has 0 unspecified atom stereocenters. The number of fused-ring (bicyclic) bond motifs is 4. The Kier molecular flexibility index (Phi) is 14.2. The molecule has 318 valence electrons. The smallest absolute Gasteiger partial charge is 0.336 e. The van der Waals surface area contributed by atoms with Crippen LogP contribution in [0.3, 0.4) is 0 Å². The summed E-state index contributed by atoms with van der Waals surface area (Å²) in [5, 5.41) is 0. The number of ether oxygens (including phenoxy) is 2. The van der Waals surface area contributed by atoms with Gasteiger partial charge >= 0.3 is 5.97 Å². The van der Waals surface area contributed by atoms with Gasteiger partial charge < -0.3 is 18.3 Å². The fraction of sp³-hybridized carbons (Fsp3) is 0.875. The maximum absolute atomic E-state index is 14.2. The summed E-state index contributed by atoms with van der Waals surface area (Å²) in [6, 6.07) is 2.31. The molecule has 2 heterocycles. The number of rotatable bonds is 21. The van der Waals surface area contributed by atoms with Crippen molar-refractivity contribution in [2.75, 3.05) is 6.61 Å². The number of cyclic esters (lactones) is 1. The zero-order valence-corrected chi connectivity index (χ0v) is 39.6. The van der Waals surface area contributed by atoms with E-state index in [0.717, 1.165) is 42.9 Å². The van der Waals surface area contributed by atoms with E-state index < -0.39 is 27.7 Å². The lowest BCUT2D eigenvalue weighted by Gasteiger charge is -2.59. The van der Waals surface area contributed by atoms with Crippen molar-refractivity contribution in [2.24, 2.45) is 40.4 Å². The van der Waals surface area contributed by atoms with Gasteiger partial charge in [0.05, 0.1) is 29.8 Å². The highest BCUT2D eigenvalue weighted by atomic mass is 28.4. The summed E-state index contributed by atoms with van der Waals surface area (Å²) in [6.07, 6.45) is 25.8. The third kappa shape index (κ3) is 8.72. The summed E-state index contributed by atoms with van der Waals surface area (Å²) in [4.78, 5) is 27.8. The first-order chi connectivity index (χ1) is 26.5. The number of ketones is 1. The van der Waals surface area contributed by atoms with E-state index in [9.17, 15) is 9.59 Å². The Morgan fingerprint density at radius 2 is 1.46 bits per heavy atom. The van der Waals surface area contributed by atoms with Gasteiger partial charge in [-0.15, -0.1) is 0 Å². The number of allylic oxidation sites excluding steroid dienone is 1. The largest absolute Gasteiger partial charge is 0.458 e. The Morgan fingerprint density at radius 3 is 2.11 bits per heavy atom. The van der Waals surface area contributed by atoms with Crippen LogP contribution < -0.4 is 0 Å². The fourth-order valence-electron chi connectivity index (χ4n) is 13.2. The van der Waals surface area contributed by atoms with Gasteiger partial charge in [0.25, 0.3) is 0 Å². The van der Waals surface area contributed by atoms with Gasteiger partial charge in [0.15, 0.2) is 22.4 Å². The van der Waals surface area contributed by atoms with E-state index in [1.54, 1.807) is 0 Å². The summed E-state index contributed by atoms with van der Waals surface area (Å²) < 4.78 is 26.9. The molecule has 0 bridgehead atoms. The van der Waals surface area contributed by atoms with E-state index in [0.29, 0.717) is 30.3 Å². The number of unbranched alkanes of at least 4 members (excludes halogenated alkanes) is 10. The highest BCUT2D eigenvalue weighted by molar-refractivity contribution is 6.71. The lowest BCUT2D eigenvalue weighted by Crippen LogP contribution is -2.65. The molecule has 6 aliphatic rings. The van der Waals surface area contributed by atoms with Crippen molar-refractivity contribution in [1.29, 1.82) is 0 Å². The molecule has 0 N–H and O–H groups in total. The van der Waals surface area contributed by atoms with Crippen LogP contribution in [0.25, 0.3) is 0 Å². The molecule has 56 heavy (non-hydrogen) atoms. The molecule has 1 saturated heterocycles. The third-order valence-corrected chi connectivity index (χ3v) is 21.7. The molecule has 6 nitrogen and oxygen atoms in total. The highest BCUT2D eigenvalue weighted by Gasteiger charge is 2.80. The molecule has 0 amide bonds. The standard InChI is InChI=1S/C48H82O6Si2/c1-11-13-15-17-19-21-29-55(7,8)51-33-37-34(3)31-41(52-45(37)50)35(4)38-23-24-39-36-32-44-48(53-44)43(54-56(9,10)30-22-20-18-16-14-12-2)26-25-42(49)47(48,6)40(36)27-28-46(38,39)5/h25-26,35-36,38-41,43-44H,11-24,27-33H2,1-10H3/t35-,36-,38+,39-,40-,41+,43-,44+,46+,47-,48+/m0/s1. The monoisotopic (exact) mass is 811 g/mol. The Balaban J connectivity index is 1.07. The molecule has 0 aromatic heterocycles. The minimum atomic E-state index is -1.95. The highest BCUT2D eigenvalue weighted by Crippen LogP contribution is 2.73. The van der Waals surface area contributed by atoms with E-state index in [1.807, 2.05) is 6.08 Å². The van der Waals surface area contributed by atoms with E-state index in [1.165, 1.54) is 95.9 Å². The van der Waals surface area contributed by atoms with Crippen LogP contribution >= 0.6 is 0 Å². The van der Waals surface area contributed by atoms with E-state index in [-0.39, 0.29) is 41.4 Å². The molecule has 4 fully saturated rings. The van der Waals surface area contributed by atoms with E-state index in [2.05, 4.69) is 73.8 Å². The second-order valence-corrected chi connectivity index (χ2v) is 29.9. The Hall–Kier alpha value is -1.07. The predicted octanol–water partition coefficient (Wildman–Crippen LogP) is 12.5. The normalized spacial score (nSPS) is 37.1. The van der Waals surface area contributed by atoms with Crippen molar-refractivity contribution in [3.63, 3.8) is 0 Å². The van der Waals surface area contributed by atoms with Crippen molar-refractivity contribution < 1.29 is 27.9 Å². The minimum absolute atomic E-state index is 0.0898. The maximum atomic E-state index is 14.2. The molecule has 1 spiro atoms. The molecule has 3 saturated carbocycles. The van der Waals surface area contributed by atoms with Crippen LogP contribution in [-0.4, -0.2) is 58.9 Å². The number of hydrogen-bond acceptors (Lipinski definition) is 6. The second kappa shape index (κ2) is 17.9. The van der Waals surface area contributed by atoms with E-state index >= 15 is 0 Å². The third-order valence-electron chi connectivity index (χ3n) is 16.7. The van der Waals surface area contributed by atoms with Crippen LogP contribution in [0, 0.1) is 40.4 Å². The molecular formula is C48H82O6Si2. The van der Waals surface area contributed by atoms with Crippen LogP contribution in [0.5, 0.6) is 0 Å². The van der Waals surface area contributed by atoms with E-state index in [4.69, 9.17) is 18.3 Å². The lowest BCUT2D eigenvalue weighted by atomic mass is 9.44. The quantitative estimate of drug-likeness (QED) is 0.0497. The van der Waals surface area contributed by atoms with Crippen LogP contribution in [0.4, 0.5) is 0 Å². The Morgan fingerprint density at radius 1 is 0.839 bits per heavy atom. The summed E-state index contributed by atoms with van der Waals surface area (Å²) in [5.74, 6) is 2.24. The van der Waals surface area contributed by atoms with Crippen molar-refractivity contribution in [2.45, 2.75) is 219 Å². The van der Waals surface area contributed by atoms with Gasteiger partial charge in [-0.05, 0) is 125 Å². The Labute approximate surface area is 344 Å². The van der Waals surface area contributed by atoms with Gasteiger partial charge in [0.1, 0.15) is 11.7 Å². The summed E-state index contributed by atoms with van der Waals surface area (Å²) in [5.41, 5.74) is 1.05. The Bertz CT molecular complexity index is 1450. The molecule has 8 heteroatoms. The van der Waals surface area contributed by atoms with Gasteiger partial charge in [0, 0.05) is 6.42 Å². The second-order valence-electron chi connectivity index (χ2n) is 21.3. The number of carbonyl (C=O) groups excluding carboxylic acids is 2. The maximum Gasteiger partial charge on any atom is 0.336 e. The van der Waals surface area contributed by atoms with Crippen LogP contribution in [0.2, 0.25) is 38.3 Å². The van der Waals surface area contributed by atoms with Gasteiger partial charge in [-0.3, -0.25) is 4.79 Å². The first-order valence-electron chi connectivity index (χ1n) is 23.7. The molecule has 6 rings (SSSR count). The average molecular weight is 811 g/mol. The average Bonchev–Trinajstić information content (AvgIpc) is 3.77. The lowest BCUT2D eigenvalue weighted by molar-refractivity contribution is -0.155. The number of epoxide rings is 1. The van der Waals surface area contributed by atoms with Crippen molar-refractivity contribution in [1.82, 2.24) is 0 Å². The topological polar surface area (TPSA) is 74.4 Å². The van der Waals surface area contributed by atoms with Gasteiger partial charge in [-0.25, -0.2) is 4.79 Å². The first kappa shape index (κ1) is 44.5. The predicted molar refractivity (Wildman–Crippen MR) is 234 cm³/mol. The molecule has 4 aliphatic carbocycles. The van der Waals surface area contributed by atoms with Crippen LogP contribution in [0.1, 0.15) is 157 Å². The zero-order chi connectivity index (χ0) is 40.5. The number of carbonyl (C=O) groups is 2. The summed E-state index contributed by atoms with van der Waals surface area (Å²) in [7, 11) is -3.80. The molecule has 0 radical (unpaired) electrons.